The highest BCUT2D eigenvalue weighted by Crippen LogP contribution is 2.33. The van der Waals surface area contributed by atoms with E-state index < -0.39 is 8.03 Å². The van der Waals surface area contributed by atoms with E-state index in [0.717, 1.165) is 12.6 Å². The molecule has 0 spiro atoms. The van der Waals surface area contributed by atoms with Gasteiger partial charge in [-0.25, -0.2) is 3.97 Å². The molecular formula is C6H14IO2PS. The van der Waals surface area contributed by atoms with E-state index in [-0.39, 0.29) is 0 Å². The third-order valence-electron chi connectivity index (χ3n) is 1.36. The summed E-state index contributed by atoms with van der Waals surface area (Å²) in [4.78, 5) is 0. The zero-order valence-electron chi connectivity index (χ0n) is 6.64. The fraction of sp³-hybridized carbons (Fsp3) is 1.00. The van der Waals surface area contributed by atoms with E-state index in [1.807, 2.05) is 21.2 Å². The molecule has 1 unspecified atom stereocenters. The van der Waals surface area contributed by atoms with Gasteiger partial charge in [-0.05, 0) is 6.42 Å². The molecule has 2 nitrogen and oxygen atoms in total. The van der Waals surface area contributed by atoms with E-state index in [1.165, 1.54) is 28.5 Å². The van der Waals surface area contributed by atoms with Crippen LogP contribution in [0.5, 0.6) is 0 Å². The Bertz CT molecular complexity index is 113. The summed E-state index contributed by atoms with van der Waals surface area (Å²) in [5.41, 5.74) is 0. The zero-order valence-corrected chi connectivity index (χ0v) is 10.6. The Labute approximate surface area is 85.5 Å². The van der Waals surface area contributed by atoms with Crippen LogP contribution in [0.4, 0.5) is 0 Å². The first-order valence-corrected chi connectivity index (χ1v) is 8.60. The molecule has 0 aliphatic rings. The van der Waals surface area contributed by atoms with Crippen LogP contribution in [0.15, 0.2) is 0 Å². The van der Waals surface area contributed by atoms with Crippen molar-refractivity contribution in [1.29, 1.82) is 0 Å². The molecule has 0 aromatic heterocycles. The van der Waals surface area contributed by atoms with Crippen molar-refractivity contribution in [3.63, 3.8) is 0 Å². The first-order valence-electron chi connectivity index (χ1n) is 3.79. The molecule has 0 heterocycles. The van der Waals surface area contributed by atoms with Crippen LogP contribution in [-0.2, 0) is 8.54 Å². The molecule has 0 rings (SSSR count). The van der Waals surface area contributed by atoms with Crippen molar-refractivity contribution in [3.05, 3.63) is 0 Å². The number of halogens is 1. The summed E-state index contributed by atoms with van der Waals surface area (Å²) in [6.07, 6.45) is 5.45. The predicted octanol–water partition coefficient (Wildman–Crippen LogP) is 4.06. The highest BCUT2D eigenvalue weighted by atomic mass is 127. The fourth-order valence-electron chi connectivity index (χ4n) is 0.773. The first-order chi connectivity index (χ1) is 5.31. The van der Waals surface area contributed by atoms with Gasteiger partial charge in [0.25, 0.3) is 0 Å². The molecule has 0 radical (unpaired) electrons. The minimum Gasteiger partial charge on any atom is -0.295 e. The van der Waals surface area contributed by atoms with Crippen LogP contribution < -0.4 is 0 Å². The van der Waals surface area contributed by atoms with E-state index in [0.29, 0.717) is 0 Å². The van der Waals surface area contributed by atoms with E-state index in [4.69, 9.17) is 3.97 Å². The minimum atomic E-state index is -1.72. The molecule has 0 N–H and O–H groups in total. The summed E-state index contributed by atoms with van der Waals surface area (Å²) in [6.45, 7) is 2.17. The number of unbranched alkanes of at least 4 members (excludes halogenated alkanes) is 3. The maximum atomic E-state index is 10.9. The molecule has 0 fully saturated rings. The van der Waals surface area contributed by atoms with Gasteiger partial charge in [0.1, 0.15) is 0 Å². The maximum absolute atomic E-state index is 10.9. The standard InChI is InChI=1S/C6H14IO2PS/c1-2-3-4-5-6-10(8)9-11-7/h10H,2-6H2,1H3. The van der Waals surface area contributed by atoms with E-state index >= 15 is 0 Å². The highest BCUT2D eigenvalue weighted by molar-refractivity contribution is 14.2. The van der Waals surface area contributed by atoms with Crippen molar-refractivity contribution in [1.82, 2.24) is 0 Å². The van der Waals surface area contributed by atoms with Gasteiger partial charge in [0, 0.05) is 27.4 Å². The van der Waals surface area contributed by atoms with Crippen molar-refractivity contribution in [2.24, 2.45) is 0 Å². The van der Waals surface area contributed by atoms with Crippen LogP contribution in [0.3, 0.4) is 0 Å². The Hall–Kier alpha value is 1.27. The molecule has 0 saturated carbocycles. The van der Waals surface area contributed by atoms with Crippen LogP contribution in [0.1, 0.15) is 32.6 Å². The van der Waals surface area contributed by atoms with Crippen LogP contribution in [0.25, 0.3) is 0 Å². The second-order valence-electron chi connectivity index (χ2n) is 2.33. The quantitative estimate of drug-likeness (QED) is 0.307. The predicted molar refractivity (Wildman–Crippen MR) is 60.7 cm³/mol. The Morgan fingerprint density at radius 1 is 1.45 bits per heavy atom. The van der Waals surface area contributed by atoms with Gasteiger partial charge >= 0.3 is 0 Å². The lowest BCUT2D eigenvalue weighted by Crippen LogP contribution is -1.79. The maximum Gasteiger partial charge on any atom is 0.204 e. The molecule has 0 aliphatic heterocycles. The lowest BCUT2D eigenvalue weighted by molar-refractivity contribution is 0.532. The van der Waals surface area contributed by atoms with Crippen molar-refractivity contribution in [2.75, 3.05) is 6.16 Å². The van der Waals surface area contributed by atoms with Gasteiger partial charge in [0.2, 0.25) is 8.03 Å². The van der Waals surface area contributed by atoms with Gasteiger partial charge in [-0.1, -0.05) is 26.2 Å². The van der Waals surface area contributed by atoms with E-state index in [9.17, 15) is 4.57 Å². The lowest BCUT2D eigenvalue weighted by Gasteiger charge is -1.98. The number of rotatable bonds is 7. The summed E-state index contributed by atoms with van der Waals surface area (Å²) >= 11 is 1.99. The van der Waals surface area contributed by atoms with Crippen molar-refractivity contribution >= 4 is 38.4 Å². The zero-order chi connectivity index (χ0) is 8.53. The van der Waals surface area contributed by atoms with E-state index in [1.54, 1.807) is 0 Å². The molecular weight excluding hydrogens is 294 g/mol. The van der Waals surface area contributed by atoms with Crippen LogP contribution >= 0.6 is 38.4 Å². The van der Waals surface area contributed by atoms with Gasteiger partial charge in [-0.15, -0.1) is 0 Å². The Morgan fingerprint density at radius 2 is 2.18 bits per heavy atom. The Kier molecular flexibility index (Phi) is 10.4. The van der Waals surface area contributed by atoms with Crippen LogP contribution in [0.2, 0.25) is 0 Å². The Balaban J connectivity index is 3.04. The molecule has 0 bridgehead atoms. The van der Waals surface area contributed by atoms with E-state index in [2.05, 4.69) is 6.92 Å². The Morgan fingerprint density at radius 3 is 2.73 bits per heavy atom. The van der Waals surface area contributed by atoms with Crippen molar-refractivity contribution in [2.45, 2.75) is 32.6 Å². The van der Waals surface area contributed by atoms with Gasteiger partial charge in [-0.3, -0.25) is 4.57 Å². The van der Waals surface area contributed by atoms with Crippen LogP contribution in [0, 0.1) is 0 Å². The van der Waals surface area contributed by atoms with Crippen LogP contribution in [-0.4, -0.2) is 6.16 Å². The van der Waals surface area contributed by atoms with Crippen molar-refractivity contribution in [3.8, 4) is 0 Å². The summed E-state index contributed by atoms with van der Waals surface area (Å²) in [6, 6.07) is 0. The lowest BCUT2D eigenvalue weighted by atomic mass is 10.2. The van der Waals surface area contributed by atoms with Gasteiger partial charge < -0.3 is 0 Å². The average Bonchev–Trinajstić information content (AvgIpc) is 1.99. The fourth-order valence-corrected chi connectivity index (χ4v) is 3.73. The third-order valence-corrected chi connectivity index (χ3v) is 4.73. The summed E-state index contributed by atoms with van der Waals surface area (Å²) < 4.78 is 15.8. The molecule has 0 aliphatic carbocycles. The molecule has 68 valence electrons. The van der Waals surface area contributed by atoms with Gasteiger partial charge in [-0.2, -0.15) is 0 Å². The number of hydrogen-bond acceptors (Lipinski definition) is 3. The second kappa shape index (κ2) is 9.36. The molecule has 1 atom stereocenters. The summed E-state index contributed by atoms with van der Waals surface area (Å²) in [5.74, 6) is 0. The smallest absolute Gasteiger partial charge is 0.204 e. The summed E-state index contributed by atoms with van der Waals surface area (Å²) in [7, 11) is -0.539. The molecule has 0 aromatic rings. The van der Waals surface area contributed by atoms with Gasteiger partial charge in [0.05, 0.1) is 9.21 Å². The third kappa shape index (κ3) is 9.18. The normalized spacial score (nSPS) is 13.3. The number of hydrogen-bond donors (Lipinski definition) is 0. The molecule has 0 saturated heterocycles. The monoisotopic (exact) mass is 308 g/mol. The highest BCUT2D eigenvalue weighted by Gasteiger charge is 1.98. The molecule has 5 heteroatoms. The SMILES string of the molecule is CCCCCC[PH](=O)OSI. The van der Waals surface area contributed by atoms with Gasteiger partial charge in [0.15, 0.2) is 0 Å². The second-order valence-corrected chi connectivity index (χ2v) is 5.44. The average molecular weight is 308 g/mol. The van der Waals surface area contributed by atoms with Crippen molar-refractivity contribution < 1.29 is 8.54 Å². The topological polar surface area (TPSA) is 26.3 Å². The molecule has 11 heavy (non-hydrogen) atoms. The molecule has 0 amide bonds. The minimum absolute atomic E-state index is 0.751. The largest absolute Gasteiger partial charge is 0.295 e. The molecule has 0 aromatic carbocycles. The first kappa shape index (κ1) is 12.3. The summed E-state index contributed by atoms with van der Waals surface area (Å²) in [5, 5.41) is 0.